The van der Waals surface area contributed by atoms with E-state index in [2.05, 4.69) is 60.2 Å². The normalized spacial score (nSPS) is 22.6. The van der Waals surface area contributed by atoms with E-state index in [1.807, 2.05) is 12.1 Å². The molecule has 1 N–H and O–H groups in total. The molecule has 4 rings (SSSR count). The quantitative estimate of drug-likeness (QED) is 0.794. The molecule has 5 heteroatoms. The second-order valence-electron chi connectivity index (χ2n) is 9.97. The van der Waals surface area contributed by atoms with Crippen LogP contribution in [0, 0.1) is 5.41 Å². The summed E-state index contributed by atoms with van der Waals surface area (Å²) in [4.78, 5) is 19.9. The van der Waals surface area contributed by atoms with Gasteiger partial charge in [0.15, 0.2) is 5.60 Å². The van der Waals surface area contributed by atoms with Crippen LogP contribution in [-0.4, -0.2) is 53.7 Å². The highest BCUT2D eigenvalue weighted by Crippen LogP contribution is 2.30. The summed E-state index contributed by atoms with van der Waals surface area (Å²) in [7, 11) is 0. The van der Waals surface area contributed by atoms with E-state index in [9.17, 15) is 4.79 Å². The number of nitrogens with one attached hydrogen (secondary N) is 1. The van der Waals surface area contributed by atoms with Crippen molar-refractivity contribution in [3.8, 4) is 11.1 Å². The molecule has 2 aromatic rings. The molecule has 0 bridgehead atoms. The van der Waals surface area contributed by atoms with Crippen LogP contribution in [0.2, 0.25) is 0 Å². The van der Waals surface area contributed by atoms with Gasteiger partial charge in [0.2, 0.25) is 0 Å². The summed E-state index contributed by atoms with van der Waals surface area (Å²) in [6, 6.07) is 12.8. The van der Waals surface area contributed by atoms with Crippen molar-refractivity contribution in [2.45, 2.75) is 51.7 Å². The van der Waals surface area contributed by atoms with Gasteiger partial charge in [0, 0.05) is 44.5 Å². The number of rotatable bonds is 6. The van der Waals surface area contributed by atoms with E-state index in [4.69, 9.17) is 4.74 Å². The molecule has 2 fully saturated rings. The highest BCUT2D eigenvalue weighted by Gasteiger charge is 2.45. The summed E-state index contributed by atoms with van der Waals surface area (Å²) in [6.45, 7) is 9.75. The fourth-order valence-corrected chi connectivity index (χ4v) is 4.27. The van der Waals surface area contributed by atoms with Crippen LogP contribution >= 0.6 is 0 Å². The van der Waals surface area contributed by atoms with Crippen LogP contribution in [0.3, 0.4) is 0 Å². The first-order valence-corrected chi connectivity index (χ1v) is 11.0. The molecule has 1 aromatic carbocycles. The lowest BCUT2D eigenvalue weighted by molar-refractivity contribution is -0.161. The number of aromatic nitrogens is 1. The molecule has 1 amide bonds. The van der Waals surface area contributed by atoms with Gasteiger partial charge in [-0.3, -0.25) is 14.7 Å². The number of nitrogens with zero attached hydrogens (tertiary/aromatic N) is 2. The average Bonchev–Trinajstić information content (AvgIpc) is 3.52. The van der Waals surface area contributed by atoms with E-state index in [1.165, 1.54) is 0 Å². The second kappa shape index (κ2) is 8.48. The maximum atomic E-state index is 13.4. The summed E-state index contributed by atoms with van der Waals surface area (Å²) in [6.07, 6.45) is 6.34. The molecular weight excluding hydrogens is 374 g/mol. The molecule has 1 aliphatic heterocycles. The predicted molar refractivity (Wildman–Crippen MR) is 119 cm³/mol. The Hall–Kier alpha value is -2.24. The lowest BCUT2D eigenvalue weighted by Crippen LogP contribution is -2.62. The number of carbonyl (C=O) groups is 1. The third kappa shape index (κ3) is 5.27. The van der Waals surface area contributed by atoms with E-state index in [-0.39, 0.29) is 11.3 Å². The Morgan fingerprint density at radius 1 is 1.20 bits per heavy atom. The number of ether oxygens (including phenoxy) is 1. The highest BCUT2D eigenvalue weighted by molar-refractivity contribution is 5.86. The third-order valence-corrected chi connectivity index (χ3v) is 5.72. The topological polar surface area (TPSA) is 54.5 Å². The molecule has 1 saturated heterocycles. The summed E-state index contributed by atoms with van der Waals surface area (Å²) in [5.41, 5.74) is 2.71. The van der Waals surface area contributed by atoms with Gasteiger partial charge in [-0.25, -0.2) is 0 Å². The molecule has 2 aliphatic rings. The number of amides is 1. The van der Waals surface area contributed by atoms with Crippen molar-refractivity contribution in [2.75, 3.05) is 26.2 Å². The zero-order chi connectivity index (χ0) is 21.2. The van der Waals surface area contributed by atoms with Gasteiger partial charge >= 0.3 is 0 Å². The number of hydrogen-bond donors (Lipinski definition) is 1. The first kappa shape index (κ1) is 21.0. The monoisotopic (exact) mass is 407 g/mol. The Kier molecular flexibility index (Phi) is 5.94. The minimum atomic E-state index is -0.844. The Bertz CT molecular complexity index is 873. The molecule has 5 nitrogen and oxygen atoms in total. The van der Waals surface area contributed by atoms with Crippen LogP contribution in [0.4, 0.5) is 0 Å². The second-order valence-corrected chi connectivity index (χ2v) is 9.97. The average molecular weight is 408 g/mol. The summed E-state index contributed by atoms with van der Waals surface area (Å²) < 4.78 is 6.29. The number of hydrogen-bond acceptors (Lipinski definition) is 4. The van der Waals surface area contributed by atoms with Crippen molar-refractivity contribution in [3.05, 3.63) is 54.4 Å². The van der Waals surface area contributed by atoms with Crippen LogP contribution < -0.4 is 5.32 Å². The zero-order valence-electron chi connectivity index (χ0n) is 18.4. The minimum absolute atomic E-state index is 0.0397. The van der Waals surface area contributed by atoms with E-state index in [0.717, 1.165) is 42.6 Å². The van der Waals surface area contributed by atoms with Crippen molar-refractivity contribution in [1.82, 2.24) is 15.2 Å². The molecule has 160 valence electrons. The van der Waals surface area contributed by atoms with Crippen molar-refractivity contribution in [2.24, 2.45) is 5.41 Å². The maximum absolute atomic E-state index is 13.4. The summed E-state index contributed by atoms with van der Waals surface area (Å²) in [5.74, 6) is 0.0397. The van der Waals surface area contributed by atoms with E-state index in [1.54, 1.807) is 12.4 Å². The van der Waals surface area contributed by atoms with Crippen LogP contribution in [0.1, 0.15) is 39.2 Å². The van der Waals surface area contributed by atoms with Gasteiger partial charge in [0.25, 0.3) is 5.91 Å². The van der Waals surface area contributed by atoms with Crippen LogP contribution in [-0.2, 0) is 16.0 Å². The Morgan fingerprint density at radius 2 is 1.97 bits per heavy atom. The standard InChI is InChI=1S/C25H33N3O2/c1-24(2,3)17-28-13-14-30-25(18-28,23(29)27-22-7-8-22)16-19-5-4-6-21(15-19)20-9-11-26-12-10-20/h4-6,9-12,15,22H,7-8,13-14,16-18H2,1-3H3,(H,27,29)/t25-/m1/s1. The van der Waals surface area contributed by atoms with Gasteiger partial charge in [-0.1, -0.05) is 45.0 Å². The third-order valence-electron chi connectivity index (χ3n) is 5.72. The highest BCUT2D eigenvalue weighted by atomic mass is 16.5. The van der Waals surface area contributed by atoms with Crippen molar-refractivity contribution in [1.29, 1.82) is 0 Å². The van der Waals surface area contributed by atoms with Crippen LogP contribution in [0.5, 0.6) is 0 Å². The molecule has 0 unspecified atom stereocenters. The molecule has 1 atom stereocenters. The Balaban J connectivity index is 1.59. The number of pyridine rings is 1. The smallest absolute Gasteiger partial charge is 0.254 e. The van der Waals surface area contributed by atoms with Gasteiger partial charge in [0.1, 0.15) is 0 Å². The fourth-order valence-electron chi connectivity index (χ4n) is 4.27. The van der Waals surface area contributed by atoms with Crippen LogP contribution in [0.15, 0.2) is 48.8 Å². The Labute approximate surface area is 179 Å². The molecule has 30 heavy (non-hydrogen) atoms. The molecule has 1 aliphatic carbocycles. The van der Waals surface area contributed by atoms with Gasteiger partial charge < -0.3 is 10.1 Å². The van der Waals surface area contributed by atoms with Crippen molar-refractivity contribution >= 4 is 5.91 Å². The number of benzene rings is 1. The zero-order valence-corrected chi connectivity index (χ0v) is 18.4. The number of carbonyl (C=O) groups excluding carboxylic acids is 1. The van der Waals surface area contributed by atoms with Gasteiger partial charge in [-0.15, -0.1) is 0 Å². The fraction of sp³-hybridized carbons (Fsp3) is 0.520. The predicted octanol–water partition coefficient (Wildman–Crippen LogP) is 3.69. The minimum Gasteiger partial charge on any atom is -0.362 e. The van der Waals surface area contributed by atoms with Crippen LogP contribution in [0.25, 0.3) is 11.1 Å². The summed E-state index contributed by atoms with van der Waals surface area (Å²) in [5, 5.41) is 3.22. The van der Waals surface area contributed by atoms with Crippen molar-refractivity contribution < 1.29 is 9.53 Å². The lowest BCUT2D eigenvalue weighted by Gasteiger charge is -2.43. The molecule has 0 spiro atoms. The molecular formula is C25H33N3O2. The van der Waals surface area contributed by atoms with E-state index < -0.39 is 5.60 Å². The molecule has 1 aromatic heterocycles. The van der Waals surface area contributed by atoms with Gasteiger partial charge in [-0.2, -0.15) is 0 Å². The van der Waals surface area contributed by atoms with Gasteiger partial charge in [-0.05, 0) is 47.1 Å². The van der Waals surface area contributed by atoms with E-state index in [0.29, 0.717) is 25.6 Å². The molecule has 0 radical (unpaired) electrons. The SMILES string of the molecule is CC(C)(C)CN1CCO[C@@](Cc2cccc(-c3ccncc3)c2)(C(=O)NC2CC2)C1. The van der Waals surface area contributed by atoms with E-state index >= 15 is 0 Å². The first-order valence-electron chi connectivity index (χ1n) is 11.0. The Morgan fingerprint density at radius 3 is 2.67 bits per heavy atom. The first-order chi connectivity index (χ1) is 14.3. The number of morpholine rings is 1. The summed E-state index contributed by atoms with van der Waals surface area (Å²) >= 11 is 0. The largest absolute Gasteiger partial charge is 0.362 e. The lowest BCUT2D eigenvalue weighted by atomic mass is 9.88. The van der Waals surface area contributed by atoms with Gasteiger partial charge in [0.05, 0.1) is 6.61 Å². The molecule has 1 saturated carbocycles. The van der Waals surface area contributed by atoms with Crippen molar-refractivity contribution in [3.63, 3.8) is 0 Å². The maximum Gasteiger partial charge on any atom is 0.254 e. The molecule has 2 heterocycles.